The van der Waals surface area contributed by atoms with Crippen LogP contribution < -0.4 is 10.1 Å². The molecule has 1 N–H and O–H groups in total. The number of hydrogen-bond acceptors (Lipinski definition) is 6. The lowest BCUT2D eigenvalue weighted by Gasteiger charge is -2.17. The molecule has 1 saturated carbocycles. The van der Waals surface area contributed by atoms with Gasteiger partial charge in [-0.3, -0.25) is 4.79 Å². The maximum atomic E-state index is 14.2. The number of aromatic nitrogens is 1. The van der Waals surface area contributed by atoms with Crippen molar-refractivity contribution in [3.05, 3.63) is 99.2 Å². The normalized spacial score (nSPS) is 14.7. The average molecular weight is 603 g/mol. The highest BCUT2D eigenvalue weighted by molar-refractivity contribution is 7.72. The molecule has 7 nitrogen and oxygen atoms in total. The van der Waals surface area contributed by atoms with Crippen molar-refractivity contribution in [3.8, 4) is 17.1 Å². The van der Waals surface area contributed by atoms with Crippen LogP contribution in [0.25, 0.3) is 11.3 Å². The maximum Gasteiger partial charge on any atom is 0.228 e. The Bertz CT molecular complexity index is 1630. The molecule has 0 bridgehead atoms. The number of nitrogens with zero attached hydrogens (tertiary/aromatic N) is 1. The summed E-state index contributed by atoms with van der Waals surface area (Å²) in [5, 5.41) is 2.95. The summed E-state index contributed by atoms with van der Waals surface area (Å²) < 4.78 is 47.7. The summed E-state index contributed by atoms with van der Waals surface area (Å²) in [5.41, 5.74) is 2.40. The number of methoxy groups -OCH3 is 1. The Morgan fingerprint density at radius 2 is 1.80 bits per heavy atom. The minimum atomic E-state index is -2.57. The van der Waals surface area contributed by atoms with Crippen molar-refractivity contribution in [2.45, 2.75) is 36.9 Å². The highest BCUT2D eigenvalue weighted by Gasteiger charge is 2.52. The topological polar surface area (TPSA) is 98.5 Å². The number of anilines is 1. The van der Waals surface area contributed by atoms with E-state index in [2.05, 4.69) is 10.3 Å². The Morgan fingerprint density at radius 3 is 2.38 bits per heavy atom. The van der Waals surface area contributed by atoms with Crippen molar-refractivity contribution in [1.82, 2.24) is 4.98 Å². The second-order valence-electron chi connectivity index (χ2n) is 9.70. The molecular formula is C29H25Cl2FN2O5S. The molecule has 40 heavy (non-hydrogen) atoms. The van der Waals surface area contributed by atoms with E-state index >= 15 is 0 Å². The van der Waals surface area contributed by atoms with Crippen LogP contribution in [0.2, 0.25) is 10.0 Å². The molecule has 1 unspecified atom stereocenters. The maximum absolute atomic E-state index is 14.2. The highest BCUT2D eigenvalue weighted by atomic mass is 35.5. The molecule has 0 radical (unpaired) electrons. The fraction of sp³-hybridized carbons (Fsp3) is 0.241. The van der Waals surface area contributed by atoms with Crippen LogP contribution in [0.4, 0.5) is 10.1 Å². The van der Waals surface area contributed by atoms with Gasteiger partial charge < -0.3 is 14.5 Å². The van der Waals surface area contributed by atoms with Crippen LogP contribution in [0.3, 0.4) is 0 Å². The van der Waals surface area contributed by atoms with Crippen LogP contribution in [0, 0.1) is 5.82 Å². The molecule has 1 aliphatic rings. The molecule has 1 heterocycles. The van der Waals surface area contributed by atoms with Gasteiger partial charge in [-0.1, -0.05) is 47.5 Å². The number of nitrogens with one attached hydrogen (secondary N) is 1. The van der Waals surface area contributed by atoms with E-state index < -0.39 is 27.2 Å². The molecule has 1 atom stereocenters. The van der Waals surface area contributed by atoms with Gasteiger partial charge in [-0.2, -0.15) is 0 Å². The monoisotopic (exact) mass is 602 g/mol. The number of thiol groups is 1. The van der Waals surface area contributed by atoms with Gasteiger partial charge in [0, 0.05) is 26.9 Å². The molecule has 3 aromatic carbocycles. The summed E-state index contributed by atoms with van der Waals surface area (Å²) in [6.45, 7) is 1.61. The fourth-order valence-electron chi connectivity index (χ4n) is 4.67. The van der Waals surface area contributed by atoms with Crippen molar-refractivity contribution in [2.24, 2.45) is 0 Å². The van der Waals surface area contributed by atoms with Crippen molar-refractivity contribution in [1.29, 1.82) is 0 Å². The first-order chi connectivity index (χ1) is 19.1. The number of hydrogen-bond donors (Lipinski definition) is 2. The fourth-order valence-corrected chi connectivity index (χ4v) is 5.94. The zero-order valence-corrected chi connectivity index (χ0v) is 23.9. The number of ether oxygens (including phenoxy) is 1. The quantitative estimate of drug-likeness (QED) is 0.206. The van der Waals surface area contributed by atoms with E-state index in [4.69, 9.17) is 32.4 Å². The Kier molecular flexibility index (Phi) is 7.90. The first kappa shape index (κ1) is 28.1. The smallest absolute Gasteiger partial charge is 0.228 e. The third kappa shape index (κ3) is 5.59. The predicted molar refractivity (Wildman–Crippen MR) is 152 cm³/mol. The molecule has 0 saturated heterocycles. The van der Waals surface area contributed by atoms with Gasteiger partial charge in [0.15, 0.2) is 17.3 Å². The van der Waals surface area contributed by atoms with Gasteiger partial charge in [0.1, 0.15) is 10.7 Å². The first-order valence-electron chi connectivity index (χ1n) is 12.4. The Labute approximate surface area is 242 Å². The summed E-state index contributed by atoms with van der Waals surface area (Å²) >= 11 is 13.4. The van der Waals surface area contributed by atoms with Crippen molar-refractivity contribution in [3.63, 3.8) is 0 Å². The summed E-state index contributed by atoms with van der Waals surface area (Å²) in [5.74, 6) is 0.185. The number of amides is 1. The number of rotatable bonds is 9. The van der Waals surface area contributed by atoms with Gasteiger partial charge >= 0.3 is 0 Å². The Hall–Kier alpha value is -3.40. The Morgan fingerprint density at radius 1 is 1.12 bits per heavy atom. The predicted octanol–water partition coefficient (Wildman–Crippen LogP) is 6.73. The first-order valence-corrected chi connectivity index (χ1v) is 14.4. The lowest BCUT2D eigenvalue weighted by molar-refractivity contribution is -0.115. The number of benzene rings is 3. The van der Waals surface area contributed by atoms with Gasteiger partial charge in [0.05, 0.1) is 30.4 Å². The van der Waals surface area contributed by atoms with Gasteiger partial charge in [0.2, 0.25) is 11.8 Å². The van der Waals surface area contributed by atoms with E-state index in [1.165, 1.54) is 19.2 Å². The van der Waals surface area contributed by atoms with E-state index in [0.717, 1.165) is 5.56 Å². The zero-order chi connectivity index (χ0) is 28.6. The third-order valence-corrected chi connectivity index (χ3v) is 8.58. The number of halogens is 3. The lowest BCUT2D eigenvalue weighted by atomic mass is 9.95. The molecule has 11 heteroatoms. The van der Waals surface area contributed by atoms with Crippen molar-refractivity contribution >= 4 is 45.5 Å². The lowest BCUT2D eigenvalue weighted by Crippen LogP contribution is -2.16. The van der Waals surface area contributed by atoms with Crippen LogP contribution in [0.15, 0.2) is 65.2 Å². The summed E-state index contributed by atoms with van der Waals surface area (Å²) in [6.07, 6.45) is 3.06. The van der Waals surface area contributed by atoms with Crippen LogP contribution in [-0.4, -0.2) is 26.4 Å². The molecule has 1 aromatic heterocycles. The SMILES string of the molecule is COc1ccc(-c2cnc(C3(c4c(Cl)cc(NC(=O)Cc5ccc(C(C)[SH](=O)=O)cc5)cc4Cl)CC3)o2)cc1F. The number of carbonyl (C=O) groups excluding carboxylic acids is 1. The Balaban J connectivity index is 1.32. The molecule has 1 fully saturated rings. The van der Waals surface area contributed by atoms with Gasteiger partial charge in [-0.25, -0.2) is 17.8 Å². The van der Waals surface area contributed by atoms with Crippen LogP contribution in [0.1, 0.15) is 47.6 Å². The average Bonchev–Trinajstić information content (AvgIpc) is 3.54. The molecular weight excluding hydrogens is 578 g/mol. The van der Waals surface area contributed by atoms with Gasteiger partial charge in [-0.05, 0) is 61.2 Å². The third-order valence-electron chi connectivity index (χ3n) is 7.05. The molecule has 5 rings (SSSR count). The van der Waals surface area contributed by atoms with E-state index in [-0.39, 0.29) is 18.1 Å². The second-order valence-corrected chi connectivity index (χ2v) is 11.9. The van der Waals surface area contributed by atoms with Gasteiger partial charge in [-0.15, -0.1) is 0 Å². The van der Waals surface area contributed by atoms with E-state index in [9.17, 15) is 17.6 Å². The molecule has 0 spiro atoms. The van der Waals surface area contributed by atoms with E-state index in [0.29, 0.717) is 56.9 Å². The van der Waals surface area contributed by atoms with E-state index in [1.807, 2.05) is 0 Å². The minimum absolute atomic E-state index is 0.0874. The largest absolute Gasteiger partial charge is 0.494 e. The summed E-state index contributed by atoms with van der Waals surface area (Å²) in [6, 6.07) is 14.7. The second kappa shape index (κ2) is 11.2. The number of carbonyl (C=O) groups is 1. The zero-order valence-electron chi connectivity index (χ0n) is 21.5. The molecule has 1 aliphatic carbocycles. The van der Waals surface area contributed by atoms with Crippen molar-refractivity contribution < 1.29 is 26.8 Å². The van der Waals surface area contributed by atoms with Crippen LogP contribution in [0.5, 0.6) is 5.75 Å². The molecule has 0 aliphatic heterocycles. The van der Waals surface area contributed by atoms with Crippen molar-refractivity contribution in [2.75, 3.05) is 12.4 Å². The van der Waals surface area contributed by atoms with Crippen LogP contribution >= 0.6 is 23.2 Å². The summed E-state index contributed by atoms with van der Waals surface area (Å²) in [7, 11) is -1.17. The molecule has 1 amide bonds. The van der Waals surface area contributed by atoms with Crippen LogP contribution in [-0.2, 0) is 27.3 Å². The van der Waals surface area contributed by atoms with E-state index in [1.54, 1.807) is 55.6 Å². The highest BCUT2D eigenvalue weighted by Crippen LogP contribution is 2.57. The number of oxazole rings is 1. The van der Waals surface area contributed by atoms with Gasteiger partial charge in [0.25, 0.3) is 0 Å². The summed E-state index contributed by atoms with van der Waals surface area (Å²) in [4.78, 5) is 17.2. The molecule has 208 valence electrons. The standard InChI is InChI=1S/C29H25Cl2FN2O5S/c1-16(40(36)37)18-5-3-17(4-6-18)11-26(35)34-20-13-21(30)27(22(31)14-20)29(9-10-29)28-33-15-25(39-28)19-7-8-24(38-2)23(32)12-19/h3-8,12-16,40H,9-11H2,1-2H3,(H,34,35). The molecule has 4 aromatic rings. The minimum Gasteiger partial charge on any atom is -0.494 e.